The quantitative estimate of drug-likeness (QED) is 0.852. The lowest BCUT2D eigenvalue weighted by atomic mass is 9.91. The molecule has 0 aromatic carbocycles. The first kappa shape index (κ1) is 12.4. The summed E-state index contributed by atoms with van der Waals surface area (Å²) in [6, 6.07) is 4.08. The van der Waals surface area contributed by atoms with E-state index in [0.29, 0.717) is 0 Å². The fraction of sp³-hybridized carbons (Fsp3) is 0.667. The number of thiophene rings is 1. The van der Waals surface area contributed by atoms with Gasteiger partial charge in [0.05, 0.1) is 4.34 Å². The summed E-state index contributed by atoms with van der Waals surface area (Å²) in [6.07, 6.45) is 2.32. The SMILES string of the molecule is CC(C)(CNCC1(N)CC1)c1ccc(Cl)s1. The Morgan fingerprint density at radius 3 is 2.69 bits per heavy atom. The summed E-state index contributed by atoms with van der Waals surface area (Å²) in [4.78, 5) is 1.33. The van der Waals surface area contributed by atoms with Crippen molar-refractivity contribution in [2.75, 3.05) is 13.1 Å². The van der Waals surface area contributed by atoms with Gasteiger partial charge in [-0.25, -0.2) is 0 Å². The maximum Gasteiger partial charge on any atom is 0.0931 e. The normalized spacial score (nSPS) is 18.8. The second-order valence-corrected chi connectivity index (χ2v) is 7.17. The predicted octanol–water partition coefficient (Wildman–Crippen LogP) is 2.76. The van der Waals surface area contributed by atoms with E-state index in [0.717, 1.165) is 30.3 Å². The first-order chi connectivity index (χ1) is 7.41. The van der Waals surface area contributed by atoms with E-state index in [2.05, 4.69) is 25.2 Å². The van der Waals surface area contributed by atoms with Gasteiger partial charge in [0.25, 0.3) is 0 Å². The van der Waals surface area contributed by atoms with Crippen molar-refractivity contribution in [3.8, 4) is 0 Å². The molecule has 1 saturated carbocycles. The van der Waals surface area contributed by atoms with Crippen LogP contribution in [0.2, 0.25) is 4.34 Å². The number of hydrogen-bond donors (Lipinski definition) is 2. The lowest BCUT2D eigenvalue weighted by molar-refractivity contribution is 0.454. The molecule has 0 unspecified atom stereocenters. The van der Waals surface area contributed by atoms with Crippen LogP contribution in [0.25, 0.3) is 0 Å². The van der Waals surface area contributed by atoms with Crippen LogP contribution in [0.3, 0.4) is 0 Å². The maximum atomic E-state index is 6.04. The Labute approximate surface area is 106 Å². The highest BCUT2D eigenvalue weighted by Gasteiger charge is 2.38. The van der Waals surface area contributed by atoms with Crippen molar-refractivity contribution in [1.82, 2.24) is 5.32 Å². The van der Waals surface area contributed by atoms with E-state index >= 15 is 0 Å². The molecule has 4 heteroatoms. The van der Waals surface area contributed by atoms with Crippen molar-refractivity contribution in [2.24, 2.45) is 5.73 Å². The van der Waals surface area contributed by atoms with Crippen LogP contribution in [0.1, 0.15) is 31.6 Å². The molecular formula is C12H19ClN2S. The van der Waals surface area contributed by atoms with Crippen molar-refractivity contribution in [3.05, 3.63) is 21.3 Å². The van der Waals surface area contributed by atoms with Crippen LogP contribution in [-0.2, 0) is 5.41 Å². The van der Waals surface area contributed by atoms with Crippen LogP contribution < -0.4 is 11.1 Å². The molecule has 16 heavy (non-hydrogen) atoms. The molecule has 0 spiro atoms. The number of nitrogens with one attached hydrogen (secondary N) is 1. The average molecular weight is 259 g/mol. The van der Waals surface area contributed by atoms with E-state index in [9.17, 15) is 0 Å². The Hall–Kier alpha value is -0.0900. The summed E-state index contributed by atoms with van der Waals surface area (Å²) in [5, 5.41) is 3.47. The molecule has 0 aliphatic heterocycles. The molecular weight excluding hydrogens is 240 g/mol. The van der Waals surface area contributed by atoms with Crippen LogP contribution in [0.5, 0.6) is 0 Å². The fourth-order valence-corrected chi connectivity index (χ4v) is 2.87. The van der Waals surface area contributed by atoms with Gasteiger partial charge in [0, 0.05) is 28.9 Å². The Morgan fingerprint density at radius 2 is 2.19 bits per heavy atom. The monoisotopic (exact) mass is 258 g/mol. The van der Waals surface area contributed by atoms with Gasteiger partial charge in [-0.3, -0.25) is 0 Å². The number of halogens is 1. The van der Waals surface area contributed by atoms with Gasteiger partial charge in [0.15, 0.2) is 0 Å². The molecule has 0 saturated heterocycles. The van der Waals surface area contributed by atoms with Crippen molar-refractivity contribution < 1.29 is 0 Å². The summed E-state index contributed by atoms with van der Waals surface area (Å²) in [5.41, 5.74) is 6.25. The number of hydrogen-bond acceptors (Lipinski definition) is 3. The van der Waals surface area contributed by atoms with Crippen LogP contribution in [0.15, 0.2) is 12.1 Å². The highest BCUT2D eigenvalue weighted by Crippen LogP contribution is 2.33. The zero-order valence-electron chi connectivity index (χ0n) is 9.85. The second-order valence-electron chi connectivity index (χ2n) is 5.45. The zero-order chi connectivity index (χ0) is 11.8. The third-order valence-corrected chi connectivity index (χ3v) is 4.77. The fourth-order valence-electron chi connectivity index (χ4n) is 1.73. The van der Waals surface area contributed by atoms with Crippen LogP contribution in [-0.4, -0.2) is 18.6 Å². The maximum absolute atomic E-state index is 6.04. The summed E-state index contributed by atoms with van der Waals surface area (Å²) < 4.78 is 0.862. The molecule has 1 aliphatic rings. The molecule has 1 aliphatic carbocycles. The van der Waals surface area contributed by atoms with Gasteiger partial charge in [-0.05, 0) is 25.0 Å². The van der Waals surface area contributed by atoms with E-state index in [-0.39, 0.29) is 11.0 Å². The van der Waals surface area contributed by atoms with Gasteiger partial charge in [0.2, 0.25) is 0 Å². The first-order valence-corrected chi connectivity index (χ1v) is 6.86. The van der Waals surface area contributed by atoms with Crippen LogP contribution in [0, 0.1) is 0 Å². The summed E-state index contributed by atoms with van der Waals surface area (Å²) in [7, 11) is 0. The minimum absolute atomic E-state index is 0.0865. The van der Waals surface area contributed by atoms with Crippen molar-refractivity contribution in [1.29, 1.82) is 0 Å². The average Bonchev–Trinajstić information content (AvgIpc) is 2.75. The van der Waals surface area contributed by atoms with Crippen molar-refractivity contribution >= 4 is 22.9 Å². The molecule has 90 valence electrons. The number of nitrogens with two attached hydrogens (primary N) is 1. The lowest BCUT2D eigenvalue weighted by Crippen LogP contribution is -2.41. The van der Waals surface area contributed by atoms with Gasteiger partial charge in [-0.2, -0.15) is 0 Å². The second kappa shape index (κ2) is 4.30. The largest absolute Gasteiger partial charge is 0.324 e. The molecule has 1 heterocycles. The predicted molar refractivity (Wildman–Crippen MR) is 71.4 cm³/mol. The molecule has 0 radical (unpaired) electrons. The summed E-state index contributed by atoms with van der Waals surface area (Å²) in [6.45, 7) is 6.34. The third-order valence-electron chi connectivity index (χ3n) is 3.18. The number of rotatable bonds is 5. The van der Waals surface area contributed by atoms with E-state index in [1.54, 1.807) is 11.3 Å². The van der Waals surface area contributed by atoms with Crippen LogP contribution in [0.4, 0.5) is 0 Å². The van der Waals surface area contributed by atoms with Gasteiger partial charge in [-0.1, -0.05) is 25.4 Å². The minimum atomic E-state index is 0.0865. The van der Waals surface area contributed by atoms with Gasteiger partial charge in [0.1, 0.15) is 0 Å². The van der Waals surface area contributed by atoms with Gasteiger partial charge >= 0.3 is 0 Å². The van der Waals surface area contributed by atoms with Crippen molar-refractivity contribution in [3.63, 3.8) is 0 Å². The smallest absolute Gasteiger partial charge is 0.0931 e. The molecule has 1 aromatic rings. The molecule has 2 rings (SSSR count). The van der Waals surface area contributed by atoms with Gasteiger partial charge in [-0.15, -0.1) is 11.3 Å². The highest BCUT2D eigenvalue weighted by molar-refractivity contribution is 7.16. The Morgan fingerprint density at radius 1 is 1.50 bits per heavy atom. The molecule has 2 nitrogen and oxygen atoms in total. The Bertz CT molecular complexity index is 369. The summed E-state index contributed by atoms with van der Waals surface area (Å²) in [5.74, 6) is 0. The Balaban J connectivity index is 1.87. The van der Waals surface area contributed by atoms with E-state index in [1.165, 1.54) is 4.88 Å². The molecule has 1 fully saturated rings. The molecule has 3 N–H and O–H groups in total. The molecule has 0 atom stereocenters. The van der Waals surface area contributed by atoms with Crippen molar-refractivity contribution in [2.45, 2.75) is 37.6 Å². The first-order valence-electron chi connectivity index (χ1n) is 5.67. The summed E-state index contributed by atoms with van der Waals surface area (Å²) >= 11 is 7.62. The molecule has 0 amide bonds. The van der Waals surface area contributed by atoms with E-state index < -0.39 is 0 Å². The topological polar surface area (TPSA) is 38.0 Å². The minimum Gasteiger partial charge on any atom is -0.324 e. The van der Waals surface area contributed by atoms with E-state index in [4.69, 9.17) is 17.3 Å². The molecule has 0 bridgehead atoms. The Kier molecular flexibility index (Phi) is 3.32. The van der Waals surface area contributed by atoms with E-state index in [1.807, 2.05) is 6.07 Å². The lowest BCUT2D eigenvalue weighted by Gasteiger charge is -2.24. The van der Waals surface area contributed by atoms with Gasteiger partial charge < -0.3 is 11.1 Å². The third kappa shape index (κ3) is 2.98. The highest BCUT2D eigenvalue weighted by atomic mass is 35.5. The zero-order valence-corrected chi connectivity index (χ0v) is 11.4. The molecule has 1 aromatic heterocycles. The standard InChI is InChI=1S/C12H19ClN2S/c1-11(2,9-3-4-10(13)16-9)7-15-8-12(14)5-6-12/h3-4,15H,5-8,14H2,1-2H3. The van der Waals surface area contributed by atoms with Crippen LogP contribution >= 0.6 is 22.9 Å².